The fourth-order valence-electron chi connectivity index (χ4n) is 3.12. The minimum absolute atomic E-state index is 0.0685. The summed E-state index contributed by atoms with van der Waals surface area (Å²) in [4.78, 5) is 30.5. The second-order valence-corrected chi connectivity index (χ2v) is 7.58. The van der Waals surface area contributed by atoms with Crippen LogP contribution in [0.25, 0.3) is 0 Å². The van der Waals surface area contributed by atoms with Crippen LogP contribution in [-0.4, -0.2) is 71.2 Å². The highest BCUT2D eigenvalue weighted by atomic mass is 32.2. The van der Waals surface area contributed by atoms with E-state index in [4.69, 9.17) is 0 Å². The zero-order valence-corrected chi connectivity index (χ0v) is 14.6. The Bertz CT molecular complexity index is 602. The van der Waals surface area contributed by atoms with Crippen LogP contribution in [0.3, 0.4) is 0 Å². The van der Waals surface area contributed by atoms with Crippen molar-refractivity contribution < 1.29 is 14.0 Å². The van der Waals surface area contributed by atoms with Gasteiger partial charge >= 0.3 is 6.03 Å². The number of benzene rings is 1. The zero-order valence-electron chi connectivity index (χ0n) is 13.8. The molecule has 2 fully saturated rings. The van der Waals surface area contributed by atoms with E-state index in [0.29, 0.717) is 38.0 Å². The van der Waals surface area contributed by atoms with Crippen molar-refractivity contribution in [2.24, 2.45) is 0 Å². The topological polar surface area (TPSA) is 43.9 Å². The average Bonchev–Trinajstić information content (AvgIpc) is 3.05. The summed E-state index contributed by atoms with van der Waals surface area (Å²) in [6.07, 6.45) is 0.946. The highest BCUT2D eigenvalue weighted by Gasteiger charge is 2.31. The fraction of sp³-hybridized carbons (Fsp3) is 0.529. The van der Waals surface area contributed by atoms with E-state index in [2.05, 4.69) is 0 Å². The molecule has 0 aromatic heterocycles. The lowest BCUT2D eigenvalue weighted by atomic mass is 10.3. The van der Waals surface area contributed by atoms with Crippen LogP contribution < -0.4 is 0 Å². The summed E-state index contributed by atoms with van der Waals surface area (Å²) in [6.45, 7) is 5.47. The summed E-state index contributed by atoms with van der Waals surface area (Å²) in [5, 5.41) is 0.345. The van der Waals surface area contributed by atoms with Crippen LogP contribution in [-0.2, 0) is 4.79 Å². The van der Waals surface area contributed by atoms with Crippen molar-refractivity contribution in [3.8, 4) is 0 Å². The van der Waals surface area contributed by atoms with Gasteiger partial charge in [0.1, 0.15) is 5.82 Å². The lowest BCUT2D eigenvalue weighted by molar-refractivity contribution is -0.130. The molecule has 5 nitrogen and oxygen atoms in total. The quantitative estimate of drug-likeness (QED) is 0.821. The van der Waals surface area contributed by atoms with Crippen LogP contribution in [0.15, 0.2) is 29.2 Å². The molecule has 3 amide bonds. The Kier molecular flexibility index (Phi) is 5.28. The van der Waals surface area contributed by atoms with E-state index < -0.39 is 0 Å². The third kappa shape index (κ3) is 4.01. The van der Waals surface area contributed by atoms with Crippen molar-refractivity contribution in [2.45, 2.75) is 23.5 Å². The maximum Gasteiger partial charge on any atom is 0.320 e. The molecule has 1 aromatic rings. The number of halogens is 1. The number of hydrogen-bond acceptors (Lipinski definition) is 3. The number of nitrogens with zero attached hydrogens (tertiary/aromatic N) is 3. The van der Waals surface area contributed by atoms with Crippen molar-refractivity contribution >= 4 is 23.7 Å². The molecule has 0 aliphatic carbocycles. The molecular formula is C17H22FN3O2S. The predicted octanol–water partition coefficient (Wildman–Crippen LogP) is 2.28. The van der Waals surface area contributed by atoms with Gasteiger partial charge in [0.2, 0.25) is 5.91 Å². The maximum absolute atomic E-state index is 13.0. The summed E-state index contributed by atoms with van der Waals surface area (Å²) < 4.78 is 13.0. The van der Waals surface area contributed by atoms with E-state index in [9.17, 15) is 14.0 Å². The lowest BCUT2D eigenvalue weighted by Gasteiger charge is -2.36. The van der Waals surface area contributed by atoms with E-state index in [1.165, 1.54) is 12.1 Å². The smallest absolute Gasteiger partial charge is 0.320 e. The largest absolute Gasteiger partial charge is 0.339 e. The second kappa shape index (κ2) is 7.42. The summed E-state index contributed by atoms with van der Waals surface area (Å²) >= 11 is 1.70. The first-order chi connectivity index (χ1) is 11.5. The maximum atomic E-state index is 13.0. The summed E-state index contributed by atoms with van der Waals surface area (Å²) in [5.74, 6) is -0.161. The zero-order chi connectivity index (χ0) is 17.1. The monoisotopic (exact) mass is 351 g/mol. The number of urea groups is 1. The number of hydrogen-bond donors (Lipinski definition) is 0. The summed E-state index contributed by atoms with van der Waals surface area (Å²) in [6, 6.07) is 6.57. The first-order valence-electron chi connectivity index (χ1n) is 8.24. The van der Waals surface area contributed by atoms with Crippen LogP contribution in [0.1, 0.15) is 13.3 Å². The average molecular weight is 351 g/mol. The van der Waals surface area contributed by atoms with Crippen LogP contribution in [0.2, 0.25) is 0 Å². The summed E-state index contributed by atoms with van der Waals surface area (Å²) in [7, 11) is 0. The third-order valence-corrected chi connectivity index (χ3v) is 5.79. The summed E-state index contributed by atoms with van der Waals surface area (Å²) in [5.41, 5.74) is 0. The van der Waals surface area contributed by atoms with Crippen LogP contribution >= 0.6 is 11.8 Å². The number of carbonyl (C=O) groups is 2. The third-order valence-electron chi connectivity index (χ3n) is 4.53. The van der Waals surface area contributed by atoms with E-state index in [1.54, 1.807) is 35.7 Å². The molecule has 24 heavy (non-hydrogen) atoms. The van der Waals surface area contributed by atoms with E-state index in [-0.39, 0.29) is 17.8 Å². The van der Waals surface area contributed by atoms with Gasteiger partial charge in [-0.15, -0.1) is 11.8 Å². The van der Waals surface area contributed by atoms with Gasteiger partial charge in [-0.3, -0.25) is 4.79 Å². The molecule has 2 heterocycles. The van der Waals surface area contributed by atoms with Gasteiger partial charge < -0.3 is 14.7 Å². The highest BCUT2D eigenvalue weighted by molar-refractivity contribution is 8.00. The lowest BCUT2D eigenvalue weighted by Crippen LogP contribution is -2.53. The Hall–Kier alpha value is -1.76. The van der Waals surface area contributed by atoms with Gasteiger partial charge in [0.05, 0.1) is 0 Å². The molecule has 0 spiro atoms. The highest BCUT2D eigenvalue weighted by Crippen LogP contribution is 2.30. The SMILES string of the molecule is CC(=O)N1CCN(C(=O)N2CCC(Sc3ccc(F)cc3)C2)CC1. The van der Waals surface area contributed by atoms with Crippen molar-refractivity contribution in [1.29, 1.82) is 0 Å². The Morgan fingerprint density at radius 2 is 1.62 bits per heavy atom. The first kappa shape index (κ1) is 17.1. The van der Waals surface area contributed by atoms with Crippen LogP contribution in [0, 0.1) is 5.82 Å². The van der Waals surface area contributed by atoms with Crippen molar-refractivity contribution in [1.82, 2.24) is 14.7 Å². The van der Waals surface area contributed by atoms with Gasteiger partial charge in [-0.1, -0.05) is 0 Å². The van der Waals surface area contributed by atoms with Crippen molar-refractivity contribution in [3.63, 3.8) is 0 Å². The van der Waals surface area contributed by atoms with E-state index in [1.807, 2.05) is 9.80 Å². The number of likely N-dealkylation sites (tertiary alicyclic amines) is 1. The molecule has 2 saturated heterocycles. The van der Waals surface area contributed by atoms with E-state index in [0.717, 1.165) is 17.9 Å². The van der Waals surface area contributed by atoms with Crippen molar-refractivity contribution in [2.75, 3.05) is 39.3 Å². The molecule has 2 aliphatic heterocycles. The molecule has 1 unspecified atom stereocenters. The molecule has 0 N–H and O–H groups in total. The molecule has 1 atom stereocenters. The van der Waals surface area contributed by atoms with Gasteiger partial charge in [-0.2, -0.15) is 0 Å². The van der Waals surface area contributed by atoms with Crippen LogP contribution in [0.4, 0.5) is 9.18 Å². The first-order valence-corrected chi connectivity index (χ1v) is 9.12. The Morgan fingerprint density at radius 1 is 1.00 bits per heavy atom. The number of piperazine rings is 1. The number of amides is 3. The molecule has 0 radical (unpaired) electrons. The molecule has 130 valence electrons. The molecule has 2 aliphatic rings. The van der Waals surface area contributed by atoms with Gasteiger partial charge in [-0.05, 0) is 30.7 Å². The Labute approximate surface area is 145 Å². The van der Waals surface area contributed by atoms with Crippen LogP contribution in [0.5, 0.6) is 0 Å². The van der Waals surface area contributed by atoms with Gasteiger partial charge in [-0.25, -0.2) is 9.18 Å². The second-order valence-electron chi connectivity index (χ2n) is 6.20. The molecular weight excluding hydrogens is 329 g/mol. The fourth-order valence-corrected chi connectivity index (χ4v) is 4.27. The Balaban J connectivity index is 1.49. The van der Waals surface area contributed by atoms with Crippen molar-refractivity contribution in [3.05, 3.63) is 30.1 Å². The predicted molar refractivity (Wildman–Crippen MR) is 91.5 cm³/mol. The minimum Gasteiger partial charge on any atom is -0.339 e. The normalized spacial score (nSPS) is 21.2. The standard InChI is InChI=1S/C17H22FN3O2S/c1-13(22)19-8-10-20(11-9-19)17(23)21-7-6-16(12-21)24-15-4-2-14(18)3-5-15/h2-5,16H,6-12H2,1H3. The molecule has 0 bridgehead atoms. The number of carbonyl (C=O) groups excluding carboxylic acids is 2. The van der Waals surface area contributed by atoms with Gasteiger partial charge in [0.15, 0.2) is 0 Å². The minimum atomic E-state index is -0.229. The molecule has 7 heteroatoms. The molecule has 1 aromatic carbocycles. The Morgan fingerprint density at radius 3 is 2.25 bits per heavy atom. The number of rotatable bonds is 2. The van der Waals surface area contributed by atoms with E-state index >= 15 is 0 Å². The molecule has 3 rings (SSSR count). The molecule has 0 saturated carbocycles. The van der Waals surface area contributed by atoms with Gasteiger partial charge in [0, 0.05) is 56.3 Å². The van der Waals surface area contributed by atoms with Gasteiger partial charge in [0.25, 0.3) is 0 Å². The number of thioether (sulfide) groups is 1.